The van der Waals surface area contributed by atoms with Gasteiger partial charge in [-0.15, -0.1) is 0 Å². The van der Waals surface area contributed by atoms with Crippen molar-refractivity contribution in [2.75, 3.05) is 6.61 Å². The number of hydrogen-bond acceptors (Lipinski definition) is 3. The maximum absolute atomic E-state index is 10.6. The highest BCUT2D eigenvalue weighted by Crippen LogP contribution is 1.93. The van der Waals surface area contributed by atoms with Gasteiger partial charge in [-0.3, -0.25) is 4.79 Å². The molecule has 0 heterocycles. The van der Waals surface area contributed by atoms with Gasteiger partial charge in [0, 0.05) is 6.42 Å². The molecular formula is C14H20O3. The number of carbonyl (C=O) groups is 2. The van der Waals surface area contributed by atoms with Crippen LogP contribution in [0.1, 0.15) is 32.3 Å². The van der Waals surface area contributed by atoms with Crippen molar-refractivity contribution >= 4 is 11.8 Å². The van der Waals surface area contributed by atoms with Crippen LogP contribution in [0.2, 0.25) is 0 Å². The summed E-state index contributed by atoms with van der Waals surface area (Å²) >= 11 is 0. The lowest BCUT2D eigenvalue weighted by Crippen LogP contribution is -2.05. The maximum Gasteiger partial charge on any atom is 0.306 e. The predicted octanol–water partition coefficient (Wildman–Crippen LogP) is 2.91. The number of aryl methyl sites for hydroxylation is 1. The lowest BCUT2D eigenvalue weighted by atomic mass is 10.2. The molecule has 1 aromatic carbocycles. The summed E-state index contributed by atoms with van der Waals surface area (Å²) in [6, 6.07) is 10.3. The van der Waals surface area contributed by atoms with Crippen LogP contribution in [-0.4, -0.2) is 18.4 Å². The fraction of sp³-hybridized carbons (Fsp3) is 0.429. The van der Waals surface area contributed by atoms with Gasteiger partial charge in [-0.1, -0.05) is 35.9 Å². The van der Waals surface area contributed by atoms with Crippen molar-refractivity contribution in [2.45, 2.75) is 33.6 Å². The molecule has 0 saturated carbocycles. The third kappa shape index (κ3) is 10.6. The van der Waals surface area contributed by atoms with Crippen LogP contribution in [0, 0.1) is 6.92 Å². The number of ketones is 1. The number of benzene rings is 1. The van der Waals surface area contributed by atoms with Gasteiger partial charge in [0.05, 0.1) is 13.0 Å². The van der Waals surface area contributed by atoms with Gasteiger partial charge in [0.2, 0.25) is 0 Å². The van der Waals surface area contributed by atoms with Gasteiger partial charge in [0.1, 0.15) is 5.78 Å². The van der Waals surface area contributed by atoms with Gasteiger partial charge in [0.15, 0.2) is 0 Å². The summed E-state index contributed by atoms with van der Waals surface area (Å²) in [5.41, 5.74) is 1.32. The standard InChI is InChI=1S/C7H12O3.C7H8/c1-3-10-7(9)5-4-6(2)8;1-7-5-3-2-4-6-7/h3-5H2,1-2H3;2-6H,1H3. The topological polar surface area (TPSA) is 43.4 Å². The first-order valence-corrected chi connectivity index (χ1v) is 5.73. The Balaban J connectivity index is 0.000000318. The van der Waals surface area contributed by atoms with E-state index in [4.69, 9.17) is 0 Å². The number of esters is 1. The number of ether oxygens (including phenoxy) is 1. The van der Waals surface area contributed by atoms with E-state index in [-0.39, 0.29) is 18.2 Å². The quantitative estimate of drug-likeness (QED) is 0.755. The van der Waals surface area contributed by atoms with E-state index >= 15 is 0 Å². The number of carbonyl (C=O) groups excluding carboxylic acids is 2. The second-order valence-electron chi connectivity index (χ2n) is 3.66. The highest BCUT2D eigenvalue weighted by atomic mass is 16.5. The summed E-state index contributed by atoms with van der Waals surface area (Å²) in [6.45, 7) is 5.67. The van der Waals surface area contributed by atoms with E-state index in [0.717, 1.165) is 0 Å². The summed E-state index contributed by atoms with van der Waals surface area (Å²) in [5.74, 6) is -0.272. The lowest BCUT2D eigenvalue weighted by Gasteiger charge is -1.97. The summed E-state index contributed by atoms with van der Waals surface area (Å²) in [5, 5.41) is 0. The lowest BCUT2D eigenvalue weighted by molar-refractivity contribution is -0.144. The van der Waals surface area contributed by atoms with Crippen LogP contribution < -0.4 is 0 Å². The van der Waals surface area contributed by atoms with Gasteiger partial charge in [-0.2, -0.15) is 0 Å². The van der Waals surface area contributed by atoms with Crippen LogP contribution in [0.25, 0.3) is 0 Å². The molecule has 0 saturated heterocycles. The molecule has 0 N–H and O–H groups in total. The van der Waals surface area contributed by atoms with Crippen molar-refractivity contribution < 1.29 is 14.3 Å². The molecule has 0 amide bonds. The first kappa shape index (κ1) is 15.4. The second kappa shape index (κ2) is 9.58. The van der Waals surface area contributed by atoms with Gasteiger partial charge in [-0.05, 0) is 20.8 Å². The van der Waals surface area contributed by atoms with Crippen molar-refractivity contribution in [3.8, 4) is 0 Å². The maximum atomic E-state index is 10.6. The highest BCUT2D eigenvalue weighted by Gasteiger charge is 2.02. The zero-order valence-corrected chi connectivity index (χ0v) is 10.7. The molecule has 1 aromatic rings. The molecular weight excluding hydrogens is 216 g/mol. The molecule has 0 aliphatic carbocycles. The van der Waals surface area contributed by atoms with Crippen molar-refractivity contribution in [3.05, 3.63) is 35.9 Å². The van der Waals surface area contributed by atoms with Crippen LogP contribution >= 0.6 is 0 Å². The summed E-state index contributed by atoms with van der Waals surface area (Å²) in [7, 11) is 0. The number of Topliss-reactive ketones (excluding diaryl/α,β-unsaturated/α-hetero) is 1. The Morgan fingerprint density at radius 2 is 1.71 bits per heavy atom. The van der Waals surface area contributed by atoms with E-state index in [0.29, 0.717) is 13.0 Å². The molecule has 3 nitrogen and oxygen atoms in total. The SMILES string of the molecule is CCOC(=O)CCC(C)=O.Cc1ccccc1. The molecule has 94 valence electrons. The fourth-order valence-corrected chi connectivity index (χ4v) is 1.05. The molecule has 0 bridgehead atoms. The monoisotopic (exact) mass is 236 g/mol. The molecule has 0 aliphatic rings. The molecule has 3 heteroatoms. The van der Waals surface area contributed by atoms with E-state index < -0.39 is 0 Å². The van der Waals surface area contributed by atoms with E-state index in [9.17, 15) is 9.59 Å². The number of rotatable bonds is 4. The van der Waals surface area contributed by atoms with Crippen molar-refractivity contribution in [3.63, 3.8) is 0 Å². The molecule has 1 rings (SSSR count). The van der Waals surface area contributed by atoms with Gasteiger partial charge >= 0.3 is 5.97 Å². The Bertz CT molecular complexity index is 331. The Labute approximate surface area is 103 Å². The summed E-state index contributed by atoms with van der Waals surface area (Å²) in [6.07, 6.45) is 0.502. The molecule has 0 radical (unpaired) electrons. The summed E-state index contributed by atoms with van der Waals surface area (Å²) in [4.78, 5) is 20.9. The molecule has 0 spiro atoms. The van der Waals surface area contributed by atoms with Gasteiger partial charge in [-0.25, -0.2) is 0 Å². The third-order valence-corrected chi connectivity index (χ3v) is 1.93. The zero-order chi connectivity index (χ0) is 13.1. The van der Waals surface area contributed by atoms with Crippen LogP contribution in [-0.2, 0) is 14.3 Å². The third-order valence-electron chi connectivity index (χ3n) is 1.93. The highest BCUT2D eigenvalue weighted by molar-refractivity contribution is 5.80. The van der Waals surface area contributed by atoms with E-state index in [1.54, 1.807) is 6.92 Å². The Kier molecular flexibility index (Phi) is 8.65. The smallest absolute Gasteiger partial charge is 0.306 e. The number of hydrogen-bond donors (Lipinski definition) is 0. The summed E-state index contributed by atoms with van der Waals surface area (Å²) < 4.78 is 4.60. The first-order chi connectivity index (χ1) is 8.06. The van der Waals surface area contributed by atoms with Crippen LogP contribution in [0.4, 0.5) is 0 Å². The average molecular weight is 236 g/mol. The molecule has 0 fully saturated rings. The molecule has 17 heavy (non-hydrogen) atoms. The predicted molar refractivity (Wildman–Crippen MR) is 67.7 cm³/mol. The molecule has 0 atom stereocenters. The largest absolute Gasteiger partial charge is 0.466 e. The van der Waals surface area contributed by atoms with Crippen LogP contribution in [0.15, 0.2) is 30.3 Å². The first-order valence-electron chi connectivity index (χ1n) is 5.73. The normalized spacial score (nSPS) is 8.88. The minimum atomic E-state index is -0.294. The van der Waals surface area contributed by atoms with E-state index in [1.165, 1.54) is 12.5 Å². The van der Waals surface area contributed by atoms with E-state index in [1.807, 2.05) is 18.2 Å². The average Bonchev–Trinajstić information content (AvgIpc) is 2.29. The van der Waals surface area contributed by atoms with Gasteiger partial charge < -0.3 is 9.53 Å². The van der Waals surface area contributed by atoms with Crippen molar-refractivity contribution in [2.24, 2.45) is 0 Å². The fourth-order valence-electron chi connectivity index (χ4n) is 1.05. The zero-order valence-electron chi connectivity index (χ0n) is 10.7. The van der Waals surface area contributed by atoms with Crippen molar-refractivity contribution in [1.82, 2.24) is 0 Å². The van der Waals surface area contributed by atoms with E-state index in [2.05, 4.69) is 23.8 Å². The minimum Gasteiger partial charge on any atom is -0.466 e. The minimum absolute atomic E-state index is 0.0213. The van der Waals surface area contributed by atoms with Gasteiger partial charge in [0.25, 0.3) is 0 Å². The second-order valence-corrected chi connectivity index (χ2v) is 3.66. The molecule has 0 aromatic heterocycles. The Hall–Kier alpha value is -1.64. The molecule has 0 unspecified atom stereocenters. The van der Waals surface area contributed by atoms with Crippen LogP contribution in [0.5, 0.6) is 0 Å². The van der Waals surface area contributed by atoms with Crippen LogP contribution in [0.3, 0.4) is 0 Å². The Morgan fingerprint density at radius 3 is 2.06 bits per heavy atom. The van der Waals surface area contributed by atoms with Crippen molar-refractivity contribution in [1.29, 1.82) is 0 Å². The molecule has 0 aliphatic heterocycles. The Morgan fingerprint density at radius 1 is 1.12 bits per heavy atom.